The summed E-state index contributed by atoms with van der Waals surface area (Å²) in [5, 5.41) is 2.05. The van der Waals surface area contributed by atoms with E-state index >= 15 is 0 Å². The summed E-state index contributed by atoms with van der Waals surface area (Å²) in [6, 6.07) is 12.9. The molecule has 1 heterocycles. The maximum Gasteiger partial charge on any atom is 0.238 e. The van der Waals surface area contributed by atoms with E-state index in [1.165, 1.54) is 0 Å². The number of aromatic amines is 1. The lowest BCUT2D eigenvalue weighted by Crippen LogP contribution is -2.41. The molecule has 0 fully saturated rings. The largest absolute Gasteiger partial charge is 0.492 e. The van der Waals surface area contributed by atoms with Crippen molar-refractivity contribution in [3.8, 4) is 5.75 Å². The number of amides is 2. The van der Waals surface area contributed by atoms with E-state index in [9.17, 15) is 9.59 Å². The summed E-state index contributed by atoms with van der Waals surface area (Å²) in [5.74, 6) is -0.00821. The van der Waals surface area contributed by atoms with Crippen LogP contribution in [0.4, 0.5) is 0 Å². The van der Waals surface area contributed by atoms with Crippen LogP contribution in [0.25, 0.3) is 10.9 Å². The van der Waals surface area contributed by atoms with Crippen LogP contribution < -0.4 is 15.6 Å². The van der Waals surface area contributed by atoms with Gasteiger partial charge in [0, 0.05) is 35.0 Å². The van der Waals surface area contributed by atoms with Crippen molar-refractivity contribution >= 4 is 45.9 Å². The van der Waals surface area contributed by atoms with E-state index in [1.807, 2.05) is 30.5 Å². The number of nitrogens with one attached hydrogen (secondary N) is 3. The molecule has 0 atom stereocenters. The zero-order valence-electron chi connectivity index (χ0n) is 15.6. The van der Waals surface area contributed by atoms with Crippen molar-refractivity contribution in [3.63, 3.8) is 0 Å². The minimum atomic E-state index is -0.281. The van der Waals surface area contributed by atoms with Gasteiger partial charge in [-0.1, -0.05) is 41.4 Å². The quantitative estimate of drug-likeness (QED) is 0.363. The fraction of sp³-hybridized carbons (Fsp3) is 0.238. The number of H-pyrrole nitrogens is 1. The van der Waals surface area contributed by atoms with E-state index in [4.69, 9.17) is 27.9 Å². The van der Waals surface area contributed by atoms with Crippen LogP contribution in [0.15, 0.2) is 48.7 Å². The zero-order valence-corrected chi connectivity index (χ0v) is 17.1. The van der Waals surface area contributed by atoms with Gasteiger partial charge in [0.1, 0.15) is 5.75 Å². The van der Waals surface area contributed by atoms with Crippen molar-refractivity contribution in [2.75, 3.05) is 6.61 Å². The lowest BCUT2D eigenvalue weighted by Gasteiger charge is -2.09. The van der Waals surface area contributed by atoms with E-state index in [1.54, 1.807) is 18.2 Å². The Bertz CT molecular complexity index is 1000. The van der Waals surface area contributed by atoms with Gasteiger partial charge in [0.2, 0.25) is 11.8 Å². The Balaban J connectivity index is 1.32. The van der Waals surface area contributed by atoms with Crippen LogP contribution in [0.1, 0.15) is 24.8 Å². The van der Waals surface area contributed by atoms with Crippen molar-refractivity contribution < 1.29 is 14.3 Å². The van der Waals surface area contributed by atoms with Crippen LogP contribution in [0.5, 0.6) is 5.75 Å². The van der Waals surface area contributed by atoms with Gasteiger partial charge >= 0.3 is 0 Å². The number of carbonyl (C=O) groups excluding carboxylic acids is 2. The standard InChI is InChI=1S/C21H21Cl2N3O3/c22-15-8-9-19(17(23)12-15)29-11-3-6-20(27)25-26-21(28)10-7-14-13-24-18-5-2-1-4-16(14)18/h1-2,4-5,8-9,12-13,24H,3,6-7,10-11H2,(H,25,27)(H,26,28). The molecule has 3 aromatic rings. The SMILES string of the molecule is O=C(CCCOc1ccc(Cl)cc1Cl)NNC(=O)CCc1c[nH]c2ccccc12. The Morgan fingerprint density at radius 2 is 1.76 bits per heavy atom. The molecule has 0 aliphatic heterocycles. The number of hydrogen-bond acceptors (Lipinski definition) is 3. The minimum absolute atomic E-state index is 0.216. The molecule has 0 saturated heterocycles. The average molecular weight is 434 g/mol. The molecule has 0 bridgehead atoms. The average Bonchev–Trinajstić information content (AvgIpc) is 3.12. The number of fused-ring (bicyclic) bond motifs is 1. The number of hydrazine groups is 1. The number of halogens is 2. The van der Waals surface area contributed by atoms with Gasteiger partial charge in [-0.05, 0) is 42.7 Å². The molecule has 2 amide bonds. The second-order valence-corrected chi connectivity index (χ2v) is 7.33. The van der Waals surface area contributed by atoms with E-state index in [0.29, 0.717) is 35.2 Å². The third kappa shape index (κ3) is 6.14. The highest BCUT2D eigenvalue weighted by Crippen LogP contribution is 2.27. The summed E-state index contributed by atoms with van der Waals surface area (Å²) >= 11 is 11.8. The molecule has 0 radical (unpaired) electrons. The number of benzene rings is 2. The monoisotopic (exact) mass is 433 g/mol. The molecule has 0 aliphatic rings. The van der Waals surface area contributed by atoms with Gasteiger partial charge in [-0.25, -0.2) is 0 Å². The molecule has 0 saturated carbocycles. The normalized spacial score (nSPS) is 10.7. The molecule has 6 nitrogen and oxygen atoms in total. The fourth-order valence-corrected chi connectivity index (χ4v) is 3.32. The van der Waals surface area contributed by atoms with Crippen LogP contribution in [0.2, 0.25) is 10.0 Å². The lowest BCUT2D eigenvalue weighted by atomic mass is 10.1. The van der Waals surface area contributed by atoms with E-state index < -0.39 is 0 Å². The molecule has 0 unspecified atom stereocenters. The molecule has 152 valence electrons. The van der Waals surface area contributed by atoms with Gasteiger partial charge in [-0.3, -0.25) is 20.4 Å². The first-order chi connectivity index (χ1) is 14.0. The smallest absolute Gasteiger partial charge is 0.238 e. The number of aryl methyl sites for hydroxylation is 1. The molecule has 0 spiro atoms. The summed E-state index contributed by atoms with van der Waals surface area (Å²) in [4.78, 5) is 27.0. The van der Waals surface area contributed by atoms with Gasteiger partial charge in [0.15, 0.2) is 0 Å². The molecule has 3 N–H and O–H groups in total. The first-order valence-corrected chi connectivity index (χ1v) is 9.99. The van der Waals surface area contributed by atoms with Crippen LogP contribution in [-0.4, -0.2) is 23.4 Å². The van der Waals surface area contributed by atoms with E-state index in [-0.39, 0.29) is 24.7 Å². The molecular weight excluding hydrogens is 413 g/mol. The predicted octanol–water partition coefficient (Wildman–Crippen LogP) is 4.41. The van der Waals surface area contributed by atoms with Gasteiger partial charge in [-0.15, -0.1) is 0 Å². The third-order valence-corrected chi connectivity index (χ3v) is 4.87. The number of aromatic nitrogens is 1. The number of para-hydroxylation sites is 1. The minimum Gasteiger partial charge on any atom is -0.492 e. The highest BCUT2D eigenvalue weighted by atomic mass is 35.5. The maximum atomic E-state index is 12.0. The second-order valence-electron chi connectivity index (χ2n) is 6.48. The molecule has 1 aromatic heterocycles. The fourth-order valence-electron chi connectivity index (χ4n) is 2.86. The summed E-state index contributed by atoms with van der Waals surface area (Å²) in [5.41, 5.74) is 6.97. The van der Waals surface area contributed by atoms with Crippen molar-refractivity contribution in [3.05, 3.63) is 64.3 Å². The van der Waals surface area contributed by atoms with Gasteiger partial charge in [-0.2, -0.15) is 0 Å². The predicted molar refractivity (Wildman–Crippen MR) is 114 cm³/mol. The Kier molecular flexibility index (Phi) is 7.38. The Hall–Kier alpha value is -2.70. The molecule has 0 aliphatic carbocycles. The van der Waals surface area contributed by atoms with Crippen LogP contribution in [0, 0.1) is 0 Å². The number of hydrogen-bond donors (Lipinski definition) is 3. The summed E-state index contributed by atoms with van der Waals surface area (Å²) in [6.07, 6.45) is 3.47. The van der Waals surface area contributed by atoms with Crippen molar-refractivity contribution in [1.29, 1.82) is 0 Å². The van der Waals surface area contributed by atoms with Crippen molar-refractivity contribution in [1.82, 2.24) is 15.8 Å². The van der Waals surface area contributed by atoms with Gasteiger partial charge in [0.05, 0.1) is 11.6 Å². The van der Waals surface area contributed by atoms with E-state index in [0.717, 1.165) is 16.5 Å². The van der Waals surface area contributed by atoms with Gasteiger partial charge < -0.3 is 9.72 Å². The van der Waals surface area contributed by atoms with Crippen LogP contribution >= 0.6 is 23.2 Å². The zero-order chi connectivity index (χ0) is 20.6. The number of ether oxygens (including phenoxy) is 1. The van der Waals surface area contributed by atoms with Crippen molar-refractivity contribution in [2.24, 2.45) is 0 Å². The summed E-state index contributed by atoms with van der Waals surface area (Å²) < 4.78 is 5.52. The molecule has 29 heavy (non-hydrogen) atoms. The molecule has 8 heteroatoms. The number of rotatable bonds is 8. The molecule has 3 rings (SSSR count). The summed E-state index contributed by atoms with van der Waals surface area (Å²) in [6.45, 7) is 0.323. The summed E-state index contributed by atoms with van der Waals surface area (Å²) in [7, 11) is 0. The second kappa shape index (κ2) is 10.2. The highest BCUT2D eigenvalue weighted by Gasteiger charge is 2.08. The molecule has 2 aromatic carbocycles. The molecular formula is C21H21Cl2N3O3. The highest BCUT2D eigenvalue weighted by molar-refractivity contribution is 6.35. The van der Waals surface area contributed by atoms with E-state index in [2.05, 4.69) is 15.8 Å². The first-order valence-electron chi connectivity index (χ1n) is 9.23. The Labute approximate surface area is 178 Å². The van der Waals surface area contributed by atoms with Crippen LogP contribution in [0.3, 0.4) is 0 Å². The Morgan fingerprint density at radius 3 is 2.55 bits per heavy atom. The third-order valence-electron chi connectivity index (χ3n) is 4.34. The van der Waals surface area contributed by atoms with Crippen molar-refractivity contribution in [2.45, 2.75) is 25.7 Å². The first kappa shape index (κ1) is 21.0. The van der Waals surface area contributed by atoms with Crippen LogP contribution in [-0.2, 0) is 16.0 Å². The Morgan fingerprint density at radius 1 is 1.00 bits per heavy atom. The van der Waals surface area contributed by atoms with Gasteiger partial charge in [0.25, 0.3) is 0 Å². The number of carbonyl (C=O) groups is 2. The topological polar surface area (TPSA) is 83.2 Å². The lowest BCUT2D eigenvalue weighted by molar-refractivity contribution is -0.129. The maximum absolute atomic E-state index is 12.0.